The zero-order valence-corrected chi connectivity index (χ0v) is 20.8. The van der Waals surface area contributed by atoms with E-state index in [0.717, 1.165) is 12.8 Å². The number of unbranched alkanes of at least 4 members (excludes halogenated alkanes) is 1. The van der Waals surface area contributed by atoms with Gasteiger partial charge in [-0.3, -0.25) is 9.59 Å². The Bertz CT molecular complexity index is 856. The normalized spacial score (nSPS) is 12.6. The number of benzene rings is 1. The first kappa shape index (κ1) is 28.1. The molecule has 180 valence electrons. The molecule has 1 aromatic carbocycles. The van der Waals surface area contributed by atoms with Crippen molar-refractivity contribution in [2.24, 2.45) is 0 Å². The standard InChI is InChI=1S/C25H35N3O4S/c1-7-10-15-26-22(29)21(19-13-11-18(9-3)12-14-19)28(16-8-2)23(30)20(17-33)27-24(31)32-25(4,5)6/h3,8,11-14,20-21,33H,2,7,10,15-17H2,1,4-6H3,(H,26,29)(H,27,31). The Kier molecular flexibility index (Phi) is 11.6. The Labute approximate surface area is 202 Å². The lowest BCUT2D eigenvalue weighted by molar-refractivity contribution is -0.141. The molecule has 0 aliphatic rings. The molecule has 1 rings (SSSR count). The van der Waals surface area contributed by atoms with Crippen LogP contribution in [0.4, 0.5) is 4.79 Å². The second-order valence-electron chi connectivity index (χ2n) is 8.47. The highest BCUT2D eigenvalue weighted by Crippen LogP contribution is 2.23. The molecule has 2 N–H and O–H groups in total. The molecule has 0 aromatic heterocycles. The predicted molar refractivity (Wildman–Crippen MR) is 134 cm³/mol. The number of nitrogens with zero attached hydrogens (tertiary/aromatic N) is 1. The number of hydrogen-bond donors (Lipinski definition) is 3. The van der Waals surface area contributed by atoms with Gasteiger partial charge in [0.05, 0.1) is 0 Å². The molecular weight excluding hydrogens is 438 g/mol. The van der Waals surface area contributed by atoms with Crippen molar-refractivity contribution in [1.29, 1.82) is 0 Å². The number of alkyl carbamates (subject to hydrolysis) is 1. The molecule has 0 aliphatic carbocycles. The molecule has 0 bridgehead atoms. The van der Waals surface area contributed by atoms with Gasteiger partial charge in [-0.1, -0.05) is 37.5 Å². The number of thiol groups is 1. The van der Waals surface area contributed by atoms with Crippen molar-refractivity contribution in [1.82, 2.24) is 15.5 Å². The second kappa shape index (κ2) is 13.6. The summed E-state index contributed by atoms with van der Waals surface area (Å²) in [7, 11) is 0. The van der Waals surface area contributed by atoms with Gasteiger partial charge >= 0.3 is 6.09 Å². The highest BCUT2D eigenvalue weighted by atomic mass is 32.1. The first-order chi connectivity index (χ1) is 15.6. The lowest BCUT2D eigenvalue weighted by Crippen LogP contribution is -2.53. The van der Waals surface area contributed by atoms with Gasteiger partial charge in [0.15, 0.2) is 0 Å². The van der Waals surface area contributed by atoms with Crippen molar-refractivity contribution in [3.63, 3.8) is 0 Å². The second-order valence-corrected chi connectivity index (χ2v) is 8.84. The van der Waals surface area contributed by atoms with Crippen LogP contribution < -0.4 is 10.6 Å². The Hall–Kier alpha value is -2.92. The molecule has 2 unspecified atom stereocenters. The topological polar surface area (TPSA) is 87.7 Å². The molecule has 2 atom stereocenters. The highest BCUT2D eigenvalue weighted by molar-refractivity contribution is 7.80. The number of carbonyl (C=O) groups excluding carboxylic acids is 3. The number of nitrogens with one attached hydrogen (secondary N) is 2. The number of hydrogen-bond acceptors (Lipinski definition) is 5. The predicted octanol–water partition coefficient (Wildman–Crippen LogP) is 3.46. The van der Waals surface area contributed by atoms with Crippen LogP contribution in [-0.4, -0.2) is 53.3 Å². The summed E-state index contributed by atoms with van der Waals surface area (Å²) < 4.78 is 5.27. The molecule has 0 saturated carbocycles. The van der Waals surface area contributed by atoms with Crippen LogP contribution in [0.1, 0.15) is 57.7 Å². The van der Waals surface area contributed by atoms with E-state index in [2.05, 4.69) is 35.8 Å². The summed E-state index contributed by atoms with van der Waals surface area (Å²) in [6, 6.07) is 4.93. The van der Waals surface area contributed by atoms with Crippen LogP contribution in [-0.2, 0) is 14.3 Å². The van der Waals surface area contributed by atoms with Crippen molar-refractivity contribution in [3.8, 4) is 12.3 Å². The number of ether oxygens (including phenoxy) is 1. The molecular formula is C25H35N3O4S. The smallest absolute Gasteiger partial charge is 0.408 e. The highest BCUT2D eigenvalue weighted by Gasteiger charge is 2.35. The van der Waals surface area contributed by atoms with Gasteiger partial charge in [-0.25, -0.2) is 4.79 Å². The lowest BCUT2D eigenvalue weighted by atomic mass is 10.0. The monoisotopic (exact) mass is 473 g/mol. The molecule has 33 heavy (non-hydrogen) atoms. The van der Waals surface area contributed by atoms with E-state index in [1.807, 2.05) is 6.92 Å². The van der Waals surface area contributed by atoms with E-state index in [4.69, 9.17) is 11.2 Å². The SMILES string of the molecule is C#Cc1ccc(C(C(=O)NCCCC)N(CC=C)C(=O)C(CS)NC(=O)OC(C)(C)C)cc1. The van der Waals surface area contributed by atoms with Crippen molar-refractivity contribution in [2.45, 2.75) is 58.2 Å². The number of amides is 3. The van der Waals surface area contributed by atoms with E-state index in [1.54, 1.807) is 45.0 Å². The number of rotatable bonds is 11. The maximum Gasteiger partial charge on any atom is 0.408 e. The van der Waals surface area contributed by atoms with E-state index in [0.29, 0.717) is 17.7 Å². The van der Waals surface area contributed by atoms with Crippen LogP contribution in [0, 0.1) is 12.3 Å². The van der Waals surface area contributed by atoms with Crippen LogP contribution in [0.15, 0.2) is 36.9 Å². The van der Waals surface area contributed by atoms with Gasteiger partial charge in [-0.05, 0) is 44.9 Å². The van der Waals surface area contributed by atoms with E-state index in [-0.39, 0.29) is 18.2 Å². The van der Waals surface area contributed by atoms with Crippen molar-refractivity contribution >= 4 is 30.5 Å². The average molecular weight is 474 g/mol. The van der Waals surface area contributed by atoms with Gasteiger partial charge in [0.2, 0.25) is 11.8 Å². The third kappa shape index (κ3) is 9.22. The third-order valence-corrected chi connectivity index (χ3v) is 4.93. The molecule has 8 heteroatoms. The fourth-order valence-corrected chi connectivity index (χ4v) is 3.26. The van der Waals surface area contributed by atoms with Crippen LogP contribution in [0.3, 0.4) is 0 Å². The first-order valence-electron chi connectivity index (χ1n) is 10.9. The van der Waals surface area contributed by atoms with Crippen LogP contribution in [0.5, 0.6) is 0 Å². The van der Waals surface area contributed by atoms with Crippen molar-refractivity contribution in [2.75, 3.05) is 18.8 Å². The zero-order valence-electron chi connectivity index (χ0n) is 19.9. The Morgan fingerprint density at radius 1 is 1.27 bits per heavy atom. The summed E-state index contributed by atoms with van der Waals surface area (Å²) >= 11 is 4.24. The molecule has 1 aromatic rings. The number of terminal acetylenes is 1. The Morgan fingerprint density at radius 3 is 2.39 bits per heavy atom. The fourth-order valence-electron chi connectivity index (χ4n) is 3.02. The van der Waals surface area contributed by atoms with Gasteiger partial charge in [-0.2, -0.15) is 12.6 Å². The minimum absolute atomic E-state index is 0.0198. The molecule has 0 saturated heterocycles. The summed E-state index contributed by atoms with van der Waals surface area (Å²) in [4.78, 5) is 40.3. The Morgan fingerprint density at radius 2 is 1.91 bits per heavy atom. The van der Waals surface area contributed by atoms with Gasteiger partial charge in [-0.15, -0.1) is 13.0 Å². The van der Waals surface area contributed by atoms with Gasteiger partial charge < -0.3 is 20.3 Å². The van der Waals surface area contributed by atoms with Crippen molar-refractivity contribution < 1.29 is 19.1 Å². The quantitative estimate of drug-likeness (QED) is 0.199. The maximum atomic E-state index is 13.5. The van der Waals surface area contributed by atoms with Crippen LogP contribution in [0.2, 0.25) is 0 Å². The summed E-state index contributed by atoms with van der Waals surface area (Å²) in [5.41, 5.74) is 0.522. The summed E-state index contributed by atoms with van der Waals surface area (Å²) in [5, 5.41) is 5.45. The van der Waals surface area contributed by atoms with E-state index in [9.17, 15) is 14.4 Å². The first-order valence-corrected chi connectivity index (χ1v) is 11.6. The lowest BCUT2D eigenvalue weighted by Gasteiger charge is -2.33. The summed E-state index contributed by atoms with van der Waals surface area (Å²) in [6.45, 7) is 11.5. The molecule has 0 spiro atoms. The number of carbonyl (C=O) groups is 3. The zero-order chi connectivity index (χ0) is 25.0. The molecule has 3 amide bonds. The molecule has 0 fully saturated rings. The van der Waals surface area contributed by atoms with E-state index in [1.165, 1.54) is 11.0 Å². The minimum Gasteiger partial charge on any atom is -0.444 e. The molecule has 0 aliphatic heterocycles. The summed E-state index contributed by atoms with van der Waals surface area (Å²) in [6.07, 6.45) is 7.97. The van der Waals surface area contributed by atoms with E-state index >= 15 is 0 Å². The largest absolute Gasteiger partial charge is 0.444 e. The fraction of sp³-hybridized carbons (Fsp3) is 0.480. The average Bonchev–Trinajstić information content (AvgIpc) is 2.76. The van der Waals surface area contributed by atoms with Gasteiger partial charge in [0.25, 0.3) is 0 Å². The molecule has 0 radical (unpaired) electrons. The Balaban J connectivity index is 3.29. The minimum atomic E-state index is -1.00. The van der Waals surface area contributed by atoms with Crippen molar-refractivity contribution in [3.05, 3.63) is 48.0 Å². The molecule has 0 heterocycles. The third-order valence-electron chi connectivity index (χ3n) is 4.56. The van der Waals surface area contributed by atoms with Gasteiger partial charge in [0, 0.05) is 24.4 Å². The maximum absolute atomic E-state index is 13.5. The van der Waals surface area contributed by atoms with Crippen LogP contribution >= 0.6 is 12.6 Å². The van der Waals surface area contributed by atoms with E-state index < -0.39 is 29.7 Å². The van der Waals surface area contributed by atoms with Crippen LogP contribution in [0.25, 0.3) is 0 Å². The molecule has 7 nitrogen and oxygen atoms in total. The summed E-state index contributed by atoms with van der Waals surface area (Å²) in [5.74, 6) is 1.75. The van der Waals surface area contributed by atoms with Gasteiger partial charge in [0.1, 0.15) is 17.7 Å².